The van der Waals surface area contributed by atoms with Crippen molar-refractivity contribution in [3.05, 3.63) is 106 Å². The van der Waals surface area contributed by atoms with Gasteiger partial charge in [0, 0.05) is 24.9 Å². The first kappa shape index (κ1) is 21.5. The van der Waals surface area contributed by atoms with Gasteiger partial charge in [-0.1, -0.05) is 60.7 Å². The number of rotatable bonds is 7. The van der Waals surface area contributed by atoms with Crippen molar-refractivity contribution < 1.29 is 14.8 Å². The Morgan fingerprint density at radius 2 is 1.75 bits per heavy atom. The van der Waals surface area contributed by atoms with E-state index in [1.807, 2.05) is 79.5 Å². The van der Waals surface area contributed by atoms with E-state index in [-0.39, 0.29) is 17.8 Å². The van der Waals surface area contributed by atoms with E-state index < -0.39 is 11.0 Å². The molecule has 0 bridgehead atoms. The largest absolute Gasteiger partial charge is 0.475 e. The van der Waals surface area contributed by atoms with Gasteiger partial charge in [0.15, 0.2) is 0 Å². The molecule has 4 rings (SSSR count). The lowest BCUT2D eigenvalue weighted by molar-refractivity contribution is -0.384. The van der Waals surface area contributed by atoms with E-state index >= 15 is 0 Å². The average molecular weight is 431 g/mol. The summed E-state index contributed by atoms with van der Waals surface area (Å²) in [6.45, 7) is 2.28. The standard InChI is InChI=1S/C25H25N3O4/c1-17(24(29)19-11-7-4-8-12-19)27(2)23-14-13-20(28(30)31)15-21(23)25-26-22(16-32-25)18-9-5-3-6-10-18/h3-15,17,22,24,29H,16H2,1-2H3/t17-,22-,24-/m0/s1. The van der Waals surface area contributed by atoms with Crippen molar-refractivity contribution in [1.29, 1.82) is 0 Å². The summed E-state index contributed by atoms with van der Waals surface area (Å²) in [5, 5.41) is 22.3. The molecule has 0 amide bonds. The third-order valence-corrected chi connectivity index (χ3v) is 5.85. The molecule has 3 atom stereocenters. The first-order chi connectivity index (χ1) is 15.5. The summed E-state index contributed by atoms with van der Waals surface area (Å²) in [5.74, 6) is 0.366. The highest BCUT2D eigenvalue weighted by molar-refractivity contribution is 6.01. The van der Waals surface area contributed by atoms with Gasteiger partial charge in [-0.3, -0.25) is 10.1 Å². The Labute approximate surface area is 186 Å². The minimum atomic E-state index is -0.743. The topological polar surface area (TPSA) is 88.2 Å². The van der Waals surface area contributed by atoms with Crippen LogP contribution in [-0.4, -0.2) is 35.6 Å². The van der Waals surface area contributed by atoms with Gasteiger partial charge in [-0.2, -0.15) is 0 Å². The second-order valence-electron chi connectivity index (χ2n) is 7.84. The number of nitro groups is 1. The molecule has 0 radical (unpaired) electrons. The highest BCUT2D eigenvalue weighted by Gasteiger charge is 2.29. The summed E-state index contributed by atoms with van der Waals surface area (Å²) < 4.78 is 5.89. The molecule has 0 aromatic heterocycles. The minimum absolute atomic E-state index is 0.0390. The number of likely N-dealkylation sites (N-methyl/N-ethyl adjacent to an activating group) is 1. The van der Waals surface area contributed by atoms with Crippen LogP contribution in [0.3, 0.4) is 0 Å². The molecule has 3 aromatic rings. The number of non-ortho nitro benzene ring substituents is 1. The van der Waals surface area contributed by atoms with Gasteiger partial charge in [-0.15, -0.1) is 0 Å². The van der Waals surface area contributed by atoms with E-state index in [4.69, 9.17) is 9.73 Å². The Bertz CT molecular complexity index is 1120. The van der Waals surface area contributed by atoms with Crippen molar-refractivity contribution in [1.82, 2.24) is 0 Å². The van der Waals surface area contributed by atoms with Crippen LogP contribution in [0.15, 0.2) is 83.9 Å². The smallest absolute Gasteiger partial charge is 0.270 e. The number of benzene rings is 3. The third kappa shape index (κ3) is 4.33. The molecule has 1 aliphatic heterocycles. The number of anilines is 1. The zero-order valence-electron chi connectivity index (χ0n) is 18.0. The highest BCUT2D eigenvalue weighted by atomic mass is 16.6. The maximum atomic E-state index is 11.4. The van der Waals surface area contributed by atoms with E-state index in [0.29, 0.717) is 23.8 Å². The van der Waals surface area contributed by atoms with Crippen LogP contribution in [0, 0.1) is 10.1 Å². The van der Waals surface area contributed by atoms with Crippen LogP contribution < -0.4 is 4.90 Å². The summed E-state index contributed by atoms with van der Waals surface area (Å²) in [7, 11) is 1.85. The number of nitrogens with zero attached hydrogens (tertiary/aromatic N) is 3. The van der Waals surface area contributed by atoms with Crippen LogP contribution in [0.1, 0.15) is 35.8 Å². The summed E-state index contributed by atoms with van der Waals surface area (Å²) in [6.07, 6.45) is -0.743. The molecule has 7 heteroatoms. The Balaban J connectivity index is 1.69. The Morgan fingerprint density at radius 1 is 1.09 bits per heavy atom. The second kappa shape index (κ2) is 9.20. The van der Waals surface area contributed by atoms with Gasteiger partial charge >= 0.3 is 0 Å². The molecule has 1 aliphatic rings. The molecule has 1 heterocycles. The van der Waals surface area contributed by atoms with E-state index in [1.54, 1.807) is 6.07 Å². The Hall–Kier alpha value is -3.71. The van der Waals surface area contributed by atoms with Crippen LogP contribution in [0.25, 0.3) is 0 Å². The summed E-state index contributed by atoms with van der Waals surface area (Å²) in [4.78, 5) is 17.6. The lowest BCUT2D eigenvalue weighted by Gasteiger charge is -2.32. The lowest BCUT2D eigenvalue weighted by atomic mass is 10.0. The molecule has 1 N–H and O–H groups in total. The highest BCUT2D eigenvalue weighted by Crippen LogP contribution is 2.33. The fourth-order valence-electron chi connectivity index (χ4n) is 3.84. The zero-order chi connectivity index (χ0) is 22.7. The van der Waals surface area contributed by atoms with Crippen LogP contribution >= 0.6 is 0 Å². The van der Waals surface area contributed by atoms with E-state index in [2.05, 4.69) is 0 Å². The number of hydrogen-bond donors (Lipinski definition) is 1. The summed E-state index contributed by atoms with van der Waals surface area (Å²) >= 11 is 0. The van der Waals surface area contributed by atoms with Crippen molar-refractivity contribution >= 4 is 17.3 Å². The number of aliphatic hydroxyl groups excluding tert-OH is 1. The van der Waals surface area contributed by atoms with E-state index in [1.165, 1.54) is 12.1 Å². The maximum absolute atomic E-state index is 11.4. The predicted octanol–water partition coefficient (Wildman–Crippen LogP) is 4.67. The third-order valence-electron chi connectivity index (χ3n) is 5.85. The van der Waals surface area contributed by atoms with Crippen molar-refractivity contribution in [2.45, 2.75) is 25.1 Å². The Kier molecular flexibility index (Phi) is 6.18. The van der Waals surface area contributed by atoms with E-state index in [0.717, 1.165) is 11.1 Å². The Morgan fingerprint density at radius 3 is 2.41 bits per heavy atom. The lowest BCUT2D eigenvalue weighted by Crippen LogP contribution is -2.35. The van der Waals surface area contributed by atoms with Crippen molar-refractivity contribution in [2.75, 3.05) is 18.6 Å². The van der Waals surface area contributed by atoms with Crippen molar-refractivity contribution in [2.24, 2.45) is 4.99 Å². The molecule has 32 heavy (non-hydrogen) atoms. The molecule has 0 saturated carbocycles. The fourth-order valence-corrected chi connectivity index (χ4v) is 3.84. The summed E-state index contributed by atoms with van der Waals surface area (Å²) in [6, 6.07) is 23.4. The number of ether oxygens (including phenoxy) is 1. The first-order valence-electron chi connectivity index (χ1n) is 10.5. The molecule has 3 aromatic carbocycles. The van der Waals surface area contributed by atoms with Gasteiger partial charge in [0.05, 0.1) is 22.6 Å². The molecule has 164 valence electrons. The quantitative estimate of drug-likeness (QED) is 0.434. The van der Waals surface area contributed by atoms with Crippen LogP contribution in [0.5, 0.6) is 0 Å². The number of nitro benzene ring substituents is 1. The van der Waals surface area contributed by atoms with Gasteiger partial charge in [-0.05, 0) is 24.1 Å². The second-order valence-corrected chi connectivity index (χ2v) is 7.84. The molecule has 0 aliphatic carbocycles. The molecule has 0 spiro atoms. The normalized spacial score (nSPS) is 17.2. The fraction of sp³-hybridized carbons (Fsp3) is 0.240. The molecular formula is C25H25N3O4. The van der Waals surface area contributed by atoms with Gasteiger partial charge < -0.3 is 14.7 Å². The first-order valence-corrected chi connectivity index (χ1v) is 10.5. The van der Waals surface area contributed by atoms with Crippen LogP contribution in [-0.2, 0) is 4.74 Å². The average Bonchev–Trinajstić information content (AvgIpc) is 3.33. The van der Waals surface area contributed by atoms with Crippen molar-refractivity contribution in [3.63, 3.8) is 0 Å². The molecule has 0 saturated heterocycles. The van der Waals surface area contributed by atoms with Gasteiger partial charge in [-0.25, -0.2) is 4.99 Å². The predicted molar refractivity (Wildman–Crippen MR) is 124 cm³/mol. The molecule has 0 fully saturated rings. The number of aliphatic hydroxyl groups is 1. The number of hydrogen-bond acceptors (Lipinski definition) is 6. The molecule has 0 unspecified atom stereocenters. The van der Waals surface area contributed by atoms with Gasteiger partial charge in [0.25, 0.3) is 5.69 Å². The molecule has 7 nitrogen and oxygen atoms in total. The van der Waals surface area contributed by atoms with Crippen molar-refractivity contribution in [3.8, 4) is 0 Å². The van der Waals surface area contributed by atoms with Gasteiger partial charge in [0.1, 0.15) is 12.6 Å². The van der Waals surface area contributed by atoms with Crippen LogP contribution in [0.4, 0.5) is 11.4 Å². The molecular weight excluding hydrogens is 406 g/mol. The maximum Gasteiger partial charge on any atom is 0.270 e. The van der Waals surface area contributed by atoms with E-state index in [9.17, 15) is 15.2 Å². The van der Waals surface area contributed by atoms with Gasteiger partial charge in [0.2, 0.25) is 5.90 Å². The number of aliphatic imine (C=N–C) groups is 1. The SMILES string of the molecule is C[C@@H]([C@H](O)c1ccccc1)N(C)c1ccc([N+](=O)[O-])cc1C1=N[C@H](c2ccccc2)CO1. The minimum Gasteiger partial charge on any atom is -0.475 e. The monoisotopic (exact) mass is 431 g/mol. The zero-order valence-corrected chi connectivity index (χ0v) is 18.0. The van der Waals surface area contributed by atoms with Crippen LogP contribution in [0.2, 0.25) is 0 Å². The summed E-state index contributed by atoms with van der Waals surface area (Å²) in [5.41, 5.74) is 3.02.